The van der Waals surface area contributed by atoms with Crippen LogP contribution in [-0.2, 0) is 9.59 Å². The van der Waals surface area contributed by atoms with Gasteiger partial charge in [0.15, 0.2) is 0 Å². The third-order valence-corrected chi connectivity index (χ3v) is 5.17. The summed E-state index contributed by atoms with van der Waals surface area (Å²) in [5.74, 6) is 0.160. The van der Waals surface area contributed by atoms with E-state index in [2.05, 4.69) is 20.8 Å². The summed E-state index contributed by atoms with van der Waals surface area (Å²) in [5, 5.41) is 16.3. The highest BCUT2D eigenvalue weighted by atomic mass is 16.4. The van der Waals surface area contributed by atoms with E-state index in [0.717, 1.165) is 17.9 Å². The molecule has 4 N–H and O–H groups in total. The Bertz CT molecular complexity index is 668. The van der Waals surface area contributed by atoms with Crippen LogP contribution >= 0.6 is 0 Å². The minimum Gasteiger partial charge on any atom is -0.481 e. The maximum atomic E-state index is 11.8. The van der Waals surface area contributed by atoms with Crippen molar-refractivity contribution in [2.24, 2.45) is 23.5 Å². The number of aliphatic carboxylic acids is 2. The fraction of sp³-hybridized carbons (Fsp3) is 0.650. The van der Waals surface area contributed by atoms with Gasteiger partial charge >= 0.3 is 17.6 Å². The summed E-state index contributed by atoms with van der Waals surface area (Å²) in [6.07, 6.45) is 4.90. The molecule has 7 heteroatoms. The third-order valence-electron chi connectivity index (χ3n) is 5.17. The minimum atomic E-state index is -1.17. The summed E-state index contributed by atoms with van der Waals surface area (Å²) in [6.45, 7) is 6.81. The Labute approximate surface area is 159 Å². The molecule has 0 bridgehead atoms. The normalized spacial score (nSPS) is 23.2. The van der Waals surface area contributed by atoms with E-state index in [9.17, 15) is 14.4 Å². The molecular weight excluding hydrogens is 350 g/mol. The fourth-order valence-corrected chi connectivity index (χ4v) is 3.62. The first-order chi connectivity index (χ1) is 12.6. The standard InChI is InChI=1S/C15H22O2.C5H9NO4/c1-10(2)12-7-6-11(3)9-14(12)13-5-4-8-17-15(13)16;6-3(5(9)10)1-2-4(7)8/h4-5,8,10-12,14H,6-7,9H2,1-3H3;3H,1-2,6H2,(H,7,8)(H,9,10)/t;3-/m.0/s1. The van der Waals surface area contributed by atoms with E-state index in [1.165, 1.54) is 19.1 Å². The molecule has 0 aliphatic heterocycles. The van der Waals surface area contributed by atoms with Gasteiger partial charge in [0.05, 0.1) is 6.26 Å². The van der Waals surface area contributed by atoms with Crippen LogP contribution in [0.4, 0.5) is 0 Å². The molecule has 0 aromatic carbocycles. The van der Waals surface area contributed by atoms with Gasteiger partial charge in [-0.1, -0.05) is 27.2 Å². The van der Waals surface area contributed by atoms with Gasteiger partial charge in [0, 0.05) is 12.0 Å². The van der Waals surface area contributed by atoms with Crippen LogP contribution in [0.15, 0.2) is 27.6 Å². The van der Waals surface area contributed by atoms with Crippen LogP contribution in [0.2, 0.25) is 0 Å². The molecule has 0 radical (unpaired) electrons. The summed E-state index contributed by atoms with van der Waals surface area (Å²) in [7, 11) is 0. The average Bonchev–Trinajstić information content (AvgIpc) is 2.60. The Hall–Kier alpha value is -2.15. The van der Waals surface area contributed by atoms with Crippen molar-refractivity contribution in [1.82, 2.24) is 0 Å². The first-order valence-electron chi connectivity index (χ1n) is 9.41. The predicted molar refractivity (Wildman–Crippen MR) is 102 cm³/mol. The summed E-state index contributed by atoms with van der Waals surface area (Å²) in [4.78, 5) is 31.7. The summed E-state index contributed by atoms with van der Waals surface area (Å²) >= 11 is 0. The zero-order chi connectivity index (χ0) is 20.6. The number of hydrogen-bond donors (Lipinski definition) is 3. The Morgan fingerprint density at radius 2 is 1.96 bits per heavy atom. The van der Waals surface area contributed by atoms with Gasteiger partial charge in [-0.2, -0.15) is 0 Å². The van der Waals surface area contributed by atoms with Gasteiger partial charge < -0.3 is 20.4 Å². The van der Waals surface area contributed by atoms with E-state index in [-0.39, 0.29) is 18.5 Å². The quantitative estimate of drug-likeness (QED) is 0.690. The van der Waals surface area contributed by atoms with Crippen LogP contribution in [0.25, 0.3) is 0 Å². The molecule has 0 amide bonds. The zero-order valence-corrected chi connectivity index (χ0v) is 16.3. The lowest BCUT2D eigenvalue weighted by Crippen LogP contribution is -2.30. The van der Waals surface area contributed by atoms with Gasteiger partial charge in [-0.05, 0) is 55.1 Å². The number of carboxylic acids is 2. The molecule has 1 fully saturated rings. The first-order valence-corrected chi connectivity index (χ1v) is 9.41. The van der Waals surface area contributed by atoms with E-state index >= 15 is 0 Å². The highest BCUT2D eigenvalue weighted by Crippen LogP contribution is 2.42. The molecule has 27 heavy (non-hydrogen) atoms. The molecular formula is C20H31NO6. The molecule has 0 saturated heterocycles. The Morgan fingerprint density at radius 3 is 2.48 bits per heavy atom. The van der Waals surface area contributed by atoms with Crippen LogP contribution in [0.3, 0.4) is 0 Å². The van der Waals surface area contributed by atoms with Crippen LogP contribution < -0.4 is 11.4 Å². The topological polar surface area (TPSA) is 131 Å². The predicted octanol–water partition coefficient (Wildman–Crippen LogP) is 3.08. The molecule has 152 valence electrons. The Morgan fingerprint density at radius 1 is 1.30 bits per heavy atom. The maximum absolute atomic E-state index is 11.8. The molecule has 1 saturated carbocycles. The highest BCUT2D eigenvalue weighted by molar-refractivity contribution is 5.74. The highest BCUT2D eigenvalue weighted by Gasteiger charge is 2.33. The fourth-order valence-electron chi connectivity index (χ4n) is 3.62. The average molecular weight is 381 g/mol. The molecule has 1 aliphatic carbocycles. The van der Waals surface area contributed by atoms with Crippen molar-refractivity contribution in [1.29, 1.82) is 0 Å². The van der Waals surface area contributed by atoms with Crippen molar-refractivity contribution in [2.45, 2.75) is 64.8 Å². The largest absolute Gasteiger partial charge is 0.481 e. The van der Waals surface area contributed by atoms with Gasteiger partial charge in [-0.25, -0.2) is 4.79 Å². The van der Waals surface area contributed by atoms with Crippen molar-refractivity contribution in [3.05, 3.63) is 34.4 Å². The molecule has 1 aromatic heterocycles. The second-order valence-corrected chi connectivity index (χ2v) is 7.67. The summed E-state index contributed by atoms with van der Waals surface area (Å²) < 4.78 is 5.02. The molecule has 1 aromatic rings. The van der Waals surface area contributed by atoms with Gasteiger partial charge in [-0.3, -0.25) is 9.59 Å². The van der Waals surface area contributed by atoms with Crippen LogP contribution in [0.1, 0.15) is 64.4 Å². The van der Waals surface area contributed by atoms with E-state index in [4.69, 9.17) is 20.4 Å². The lowest BCUT2D eigenvalue weighted by molar-refractivity contribution is -0.139. The lowest BCUT2D eigenvalue weighted by atomic mass is 9.68. The van der Waals surface area contributed by atoms with Crippen molar-refractivity contribution >= 4 is 11.9 Å². The number of rotatable bonds is 6. The Kier molecular flexibility index (Phi) is 9.21. The molecule has 1 aliphatic rings. The van der Waals surface area contributed by atoms with E-state index in [1.54, 1.807) is 0 Å². The van der Waals surface area contributed by atoms with Crippen LogP contribution in [-0.4, -0.2) is 28.2 Å². The smallest absolute Gasteiger partial charge is 0.339 e. The summed E-state index contributed by atoms with van der Waals surface area (Å²) in [5.41, 5.74) is 5.75. The molecule has 7 nitrogen and oxygen atoms in total. The minimum absolute atomic E-state index is 0.0231. The number of hydrogen-bond acceptors (Lipinski definition) is 5. The third kappa shape index (κ3) is 7.54. The SMILES string of the molecule is CC1CCC(C(C)C)C(c2cccoc2=O)C1.N[C@@H](CCC(=O)O)C(=O)O. The van der Waals surface area contributed by atoms with Crippen LogP contribution in [0.5, 0.6) is 0 Å². The van der Waals surface area contributed by atoms with Crippen molar-refractivity contribution in [3.8, 4) is 0 Å². The van der Waals surface area contributed by atoms with Gasteiger partial charge in [-0.15, -0.1) is 0 Å². The van der Waals surface area contributed by atoms with E-state index in [0.29, 0.717) is 17.8 Å². The molecule has 4 atom stereocenters. The number of carbonyl (C=O) groups is 2. The monoisotopic (exact) mass is 381 g/mol. The first kappa shape index (κ1) is 22.9. The Balaban J connectivity index is 0.000000314. The number of nitrogens with two attached hydrogens (primary N) is 1. The van der Waals surface area contributed by atoms with Crippen molar-refractivity contribution in [2.75, 3.05) is 0 Å². The number of carboxylic acid groups (broad SMARTS) is 2. The van der Waals surface area contributed by atoms with E-state index in [1.807, 2.05) is 12.1 Å². The zero-order valence-electron chi connectivity index (χ0n) is 16.3. The van der Waals surface area contributed by atoms with Crippen molar-refractivity contribution < 1.29 is 24.2 Å². The second kappa shape index (κ2) is 10.9. The molecule has 0 spiro atoms. The molecule has 3 unspecified atom stereocenters. The molecule has 2 rings (SSSR count). The maximum Gasteiger partial charge on any atom is 0.339 e. The summed E-state index contributed by atoms with van der Waals surface area (Å²) in [6, 6.07) is 2.73. The van der Waals surface area contributed by atoms with Gasteiger partial charge in [0.2, 0.25) is 0 Å². The van der Waals surface area contributed by atoms with E-state index < -0.39 is 18.0 Å². The lowest BCUT2D eigenvalue weighted by Gasteiger charge is -2.37. The molecule has 1 heterocycles. The van der Waals surface area contributed by atoms with Gasteiger partial charge in [0.1, 0.15) is 6.04 Å². The van der Waals surface area contributed by atoms with Crippen LogP contribution in [0, 0.1) is 17.8 Å². The van der Waals surface area contributed by atoms with Crippen molar-refractivity contribution in [3.63, 3.8) is 0 Å². The second-order valence-electron chi connectivity index (χ2n) is 7.67. The van der Waals surface area contributed by atoms with Gasteiger partial charge in [0.25, 0.3) is 0 Å².